The number of pyridine rings is 1. The third-order valence-corrected chi connectivity index (χ3v) is 4.64. The van der Waals surface area contributed by atoms with Crippen LogP contribution in [0.2, 0.25) is 0 Å². The first-order valence-electron chi connectivity index (χ1n) is 7.63. The summed E-state index contributed by atoms with van der Waals surface area (Å²) >= 11 is 0. The number of nitrogens with zero attached hydrogens (tertiary/aromatic N) is 1. The molecule has 20 heavy (non-hydrogen) atoms. The third kappa shape index (κ3) is 3.03. The summed E-state index contributed by atoms with van der Waals surface area (Å²) < 4.78 is 6.21. The number of nitrogens with one attached hydrogen (secondary N) is 1. The van der Waals surface area contributed by atoms with Gasteiger partial charge in [0.2, 0.25) is 0 Å². The van der Waals surface area contributed by atoms with Crippen LogP contribution in [0.3, 0.4) is 0 Å². The summed E-state index contributed by atoms with van der Waals surface area (Å²) in [7, 11) is 0. The summed E-state index contributed by atoms with van der Waals surface area (Å²) in [5.74, 6) is 6.67. The van der Waals surface area contributed by atoms with Crippen molar-refractivity contribution in [3.8, 4) is 0 Å². The van der Waals surface area contributed by atoms with Crippen LogP contribution in [0, 0.1) is 12.8 Å². The summed E-state index contributed by atoms with van der Waals surface area (Å²) in [5, 5.41) is 0. The van der Waals surface area contributed by atoms with E-state index in [1.807, 2.05) is 18.5 Å². The van der Waals surface area contributed by atoms with Gasteiger partial charge in [0, 0.05) is 19.0 Å². The second-order valence-electron chi connectivity index (χ2n) is 6.01. The minimum absolute atomic E-state index is 0.00338. The average Bonchev–Trinajstić information content (AvgIpc) is 2.45. The minimum atomic E-state index is -0.205. The van der Waals surface area contributed by atoms with Crippen LogP contribution in [0.5, 0.6) is 0 Å². The Morgan fingerprint density at radius 2 is 2.20 bits per heavy atom. The molecule has 0 spiro atoms. The van der Waals surface area contributed by atoms with E-state index in [-0.39, 0.29) is 11.6 Å². The summed E-state index contributed by atoms with van der Waals surface area (Å²) in [4.78, 5) is 4.26. The number of rotatable bonds is 5. The molecule has 1 heterocycles. The monoisotopic (exact) mass is 277 g/mol. The maximum atomic E-state index is 6.21. The van der Waals surface area contributed by atoms with Crippen LogP contribution in [0.1, 0.15) is 56.7 Å². The van der Waals surface area contributed by atoms with Gasteiger partial charge in [0.15, 0.2) is 0 Å². The maximum Gasteiger partial charge on any atom is 0.0889 e. The van der Waals surface area contributed by atoms with E-state index in [1.165, 1.54) is 18.4 Å². The first kappa shape index (κ1) is 15.4. The fourth-order valence-electron chi connectivity index (χ4n) is 3.36. The zero-order chi connectivity index (χ0) is 14.6. The highest BCUT2D eigenvalue weighted by molar-refractivity contribution is 5.28. The van der Waals surface area contributed by atoms with Gasteiger partial charge in [-0.2, -0.15) is 0 Å². The number of aromatic nitrogens is 1. The number of aryl methyl sites for hydroxylation is 1. The van der Waals surface area contributed by atoms with Crippen molar-refractivity contribution in [1.82, 2.24) is 10.4 Å². The van der Waals surface area contributed by atoms with Gasteiger partial charge in [-0.05, 0) is 62.6 Å². The Balaban J connectivity index is 2.33. The molecular formula is C16H27N3O. The average molecular weight is 277 g/mol. The van der Waals surface area contributed by atoms with Crippen molar-refractivity contribution >= 4 is 0 Å². The predicted molar refractivity (Wildman–Crippen MR) is 81.0 cm³/mol. The second kappa shape index (κ2) is 6.66. The molecule has 3 N–H and O–H groups in total. The molecule has 2 rings (SSSR count). The molecule has 4 nitrogen and oxygen atoms in total. The molecule has 1 aliphatic carbocycles. The van der Waals surface area contributed by atoms with Crippen LogP contribution >= 0.6 is 0 Å². The largest absolute Gasteiger partial charge is 0.373 e. The number of hydrazine groups is 1. The van der Waals surface area contributed by atoms with Crippen molar-refractivity contribution in [2.75, 3.05) is 6.61 Å². The molecule has 112 valence electrons. The number of nitrogens with two attached hydrogens (primary N) is 1. The Bertz CT molecular complexity index is 427. The van der Waals surface area contributed by atoms with Crippen LogP contribution in [0.15, 0.2) is 18.5 Å². The molecule has 0 aromatic carbocycles. The van der Waals surface area contributed by atoms with E-state index in [4.69, 9.17) is 10.6 Å². The van der Waals surface area contributed by atoms with Gasteiger partial charge in [-0.15, -0.1) is 0 Å². The van der Waals surface area contributed by atoms with Gasteiger partial charge in [0.1, 0.15) is 0 Å². The van der Waals surface area contributed by atoms with E-state index < -0.39 is 0 Å². The zero-order valence-electron chi connectivity index (χ0n) is 12.9. The molecule has 1 unspecified atom stereocenters. The van der Waals surface area contributed by atoms with Crippen LogP contribution < -0.4 is 11.3 Å². The summed E-state index contributed by atoms with van der Waals surface area (Å²) in [6.07, 6.45) is 8.22. The summed E-state index contributed by atoms with van der Waals surface area (Å²) in [6.45, 7) is 7.19. The van der Waals surface area contributed by atoms with E-state index >= 15 is 0 Å². The van der Waals surface area contributed by atoms with Crippen LogP contribution in [-0.4, -0.2) is 17.2 Å². The lowest BCUT2D eigenvalue weighted by Gasteiger charge is -2.44. The summed E-state index contributed by atoms with van der Waals surface area (Å²) in [6, 6.07) is 2.04. The Hall–Kier alpha value is -0.970. The van der Waals surface area contributed by atoms with Crippen LogP contribution in [-0.2, 0) is 4.74 Å². The van der Waals surface area contributed by atoms with Crippen LogP contribution in [0.4, 0.5) is 0 Å². The van der Waals surface area contributed by atoms with Crippen LogP contribution in [0.25, 0.3) is 0 Å². The maximum absolute atomic E-state index is 6.21. The molecule has 4 heteroatoms. The third-order valence-electron chi connectivity index (χ3n) is 4.64. The highest BCUT2D eigenvalue weighted by Gasteiger charge is 2.43. The first-order chi connectivity index (χ1) is 9.63. The van der Waals surface area contributed by atoms with E-state index in [0.29, 0.717) is 6.61 Å². The topological polar surface area (TPSA) is 60.2 Å². The lowest BCUT2D eigenvalue weighted by molar-refractivity contribution is -0.0978. The number of ether oxygens (including phenoxy) is 1. The molecular weight excluding hydrogens is 250 g/mol. The highest BCUT2D eigenvalue weighted by atomic mass is 16.5. The van der Waals surface area contributed by atoms with Crippen molar-refractivity contribution in [2.24, 2.45) is 11.8 Å². The van der Waals surface area contributed by atoms with Gasteiger partial charge >= 0.3 is 0 Å². The molecule has 1 saturated carbocycles. The highest BCUT2D eigenvalue weighted by Crippen LogP contribution is 2.43. The van der Waals surface area contributed by atoms with Crippen molar-refractivity contribution in [2.45, 2.75) is 58.1 Å². The molecule has 0 amide bonds. The fraction of sp³-hybridized carbons (Fsp3) is 0.688. The van der Waals surface area contributed by atoms with E-state index in [2.05, 4.69) is 31.2 Å². The summed E-state index contributed by atoms with van der Waals surface area (Å²) in [5.41, 5.74) is 5.16. The number of hydrogen-bond donors (Lipinski definition) is 2. The van der Waals surface area contributed by atoms with Gasteiger partial charge in [0.25, 0.3) is 0 Å². The Morgan fingerprint density at radius 3 is 2.75 bits per heavy atom. The zero-order valence-corrected chi connectivity index (χ0v) is 12.9. The first-order valence-corrected chi connectivity index (χ1v) is 7.63. The predicted octanol–water partition coefficient (Wildman–Crippen LogP) is 2.88. The standard InChI is InChI=1S/C16H27N3O/c1-4-20-16(8-5-12(2)6-9-16)15(19-17)14-11-18-10-7-13(14)3/h7,10-12,15,19H,4-6,8-9,17H2,1-3H3. The lowest BCUT2D eigenvalue weighted by atomic mass is 9.73. The Labute approximate surface area is 122 Å². The Morgan fingerprint density at radius 1 is 1.50 bits per heavy atom. The molecule has 1 atom stereocenters. The minimum Gasteiger partial charge on any atom is -0.373 e. The lowest BCUT2D eigenvalue weighted by Crippen LogP contribution is -2.50. The van der Waals surface area contributed by atoms with Crippen molar-refractivity contribution in [3.63, 3.8) is 0 Å². The quantitative estimate of drug-likeness (QED) is 0.642. The molecule has 0 saturated heterocycles. The van der Waals surface area contributed by atoms with Crippen molar-refractivity contribution in [1.29, 1.82) is 0 Å². The van der Waals surface area contributed by atoms with Crippen molar-refractivity contribution in [3.05, 3.63) is 29.6 Å². The molecule has 1 aromatic heterocycles. The number of hydrogen-bond acceptors (Lipinski definition) is 4. The van der Waals surface area contributed by atoms with Gasteiger partial charge in [-0.25, -0.2) is 5.43 Å². The normalized spacial score (nSPS) is 28.3. The molecule has 1 aromatic rings. The van der Waals surface area contributed by atoms with Gasteiger partial charge in [-0.3, -0.25) is 10.8 Å². The van der Waals surface area contributed by atoms with Crippen molar-refractivity contribution < 1.29 is 4.74 Å². The van der Waals surface area contributed by atoms with E-state index in [1.54, 1.807) is 0 Å². The SMILES string of the molecule is CCOC1(C(NN)c2cnccc2C)CCC(C)CC1. The molecule has 1 aliphatic rings. The van der Waals surface area contributed by atoms with Gasteiger partial charge in [0.05, 0.1) is 11.6 Å². The smallest absolute Gasteiger partial charge is 0.0889 e. The van der Waals surface area contributed by atoms with Gasteiger partial charge in [-0.1, -0.05) is 6.92 Å². The Kier molecular flexibility index (Phi) is 5.13. The van der Waals surface area contributed by atoms with Gasteiger partial charge < -0.3 is 4.74 Å². The molecule has 0 aliphatic heterocycles. The fourth-order valence-corrected chi connectivity index (χ4v) is 3.36. The van der Waals surface area contributed by atoms with E-state index in [0.717, 1.165) is 24.3 Å². The van der Waals surface area contributed by atoms with E-state index in [9.17, 15) is 0 Å². The second-order valence-corrected chi connectivity index (χ2v) is 6.01. The molecule has 0 bridgehead atoms. The molecule has 1 fully saturated rings. The molecule has 0 radical (unpaired) electrons.